The molecule has 0 aliphatic rings. The molecular formula is C33H50ClN5O5S. The normalized spacial score (nSPS) is 12.8. The van der Waals surface area contributed by atoms with Crippen molar-refractivity contribution in [3.8, 4) is 0 Å². The predicted octanol–water partition coefficient (Wildman–Crippen LogP) is 6.89. The van der Waals surface area contributed by atoms with Crippen molar-refractivity contribution in [1.29, 1.82) is 0 Å². The van der Waals surface area contributed by atoms with Crippen molar-refractivity contribution >= 4 is 39.0 Å². The number of esters is 1. The lowest BCUT2D eigenvalue weighted by Gasteiger charge is -2.21. The third-order valence-corrected chi connectivity index (χ3v) is 10.7. The minimum absolute atomic E-state index is 0.0743. The second-order valence-electron chi connectivity index (χ2n) is 12.5. The molecule has 45 heavy (non-hydrogen) atoms. The van der Waals surface area contributed by atoms with E-state index in [0.29, 0.717) is 29.3 Å². The van der Waals surface area contributed by atoms with Gasteiger partial charge < -0.3 is 10.1 Å². The summed E-state index contributed by atoms with van der Waals surface area (Å²) in [7, 11) is -3.86. The fourth-order valence-electron chi connectivity index (χ4n) is 5.33. The zero-order chi connectivity index (χ0) is 32.9. The molecule has 250 valence electrons. The first kappa shape index (κ1) is 36.5. The highest BCUT2D eigenvalue weighted by atomic mass is 35.5. The van der Waals surface area contributed by atoms with Crippen LogP contribution in [0.5, 0.6) is 0 Å². The van der Waals surface area contributed by atoms with Crippen LogP contribution in [0.4, 0.5) is 0 Å². The molecule has 2 N–H and O–H groups in total. The lowest BCUT2D eigenvalue weighted by Crippen LogP contribution is -2.40. The van der Waals surface area contributed by atoms with Crippen molar-refractivity contribution in [2.24, 2.45) is 0 Å². The minimum atomic E-state index is -3.86. The van der Waals surface area contributed by atoms with Gasteiger partial charge in [0.05, 0.1) is 16.0 Å². The molecule has 3 aromatic rings. The van der Waals surface area contributed by atoms with Crippen LogP contribution in [0.1, 0.15) is 116 Å². The quantitative estimate of drug-likeness (QED) is 0.0936. The van der Waals surface area contributed by atoms with Gasteiger partial charge in [0, 0.05) is 13.0 Å². The average molecular weight is 664 g/mol. The molecule has 3 rings (SSSR count). The topological polar surface area (TPSA) is 136 Å². The smallest absolute Gasteiger partial charge is 0.305 e. The Labute approximate surface area is 273 Å². The number of halogens is 1. The van der Waals surface area contributed by atoms with E-state index in [-0.39, 0.29) is 30.9 Å². The number of hydrogen-bond donors (Lipinski definition) is 2. The van der Waals surface area contributed by atoms with Crippen LogP contribution >= 0.6 is 11.6 Å². The number of carbonyl (C=O) groups is 2. The van der Waals surface area contributed by atoms with Crippen molar-refractivity contribution in [3.05, 3.63) is 46.9 Å². The van der Waals surface area contributed by atoms with E-state index < -0.39 is 32.4 Å². The average Bonchev–Trinajstić information content (AvgIpc) is 3.56. The molecule has 0 aliphatic carbocycles. The number of H-pyrrole nitrogens is 1. The van der Waals surface area contributed by atoms with Crippen molar-refractivity contribution < 1.29 is 22.7 Å². The summed E-state index contributed by atoms with van der Waals surface area (Å²) in [5.74, 6) is -0.363. The number of benzene rings is 1. The van der Waals surface area contributed by atoms with Gasteiger partial charge in [-0.05, 0) is 45.7 Å². The number of aromatic amines is 1. The van der Waals surface area contributed by atoms with Gasteiger partial charge in [-0.1, -0.05) is 101 Å². The molecule has 12 heteroatoms. The summed E-state index contributed by atoms with van der Waals surface area (Å²) >= 11 is 6.26. The highest BCUT2D eigenvalue weighted by molar-refractivity contribution is 7.92. The Kier molecular flexibility index (Phi) is 14.4. The second kappa shape index (κ2) is 17.7. The summed E-state index contributed by atoms with van der Waals surface area (Å²) in [6.45, 7) is 8.08. The molecule has 1 atom stereocenters. The van der Waals surface area contributed by atoms with Crippen LogP contribution in [0, 0.1) is 6.92 Å². The molecule has 0 saturated carbocycles. The summed E-state index contributed by atoms with van der Waals surface area (Å²) in [6.07, 6.45) is 11.9. The molecule has 1 amide bonds. The van der Waals surface area contributed by atoms with Crippen molar-refractivity contribution in [1.82, 2.24) is 25.1 Å². The summed E-state index contributed by atoms with van der Waals surface area (Å²) in [4.78, 5) is 25.8. The van der Waals surface area contributed by atoms with E-state index >= 15 is 0 Å². The minimum Gasteiger partial charge on any atom is -0.465 e. The highest BCUT2D eigenvalue weighted by Gasteiger charge is 2.33. The van der Waals surface area contributed by atoms with Gasteiger partial charge in [0.25, 0.3) is 0 Å². The first-order chi connectivity index (χ1) is 21.5. The monoisotopic (exact) mass is 663 g/mol. The standard InChI is InChI=1S/C33H50ClN5O5S/c1-5-6-7-8-9-10-11-12-13-17-21-27(45(42,43)26-19-15-14-16-20-26)31(41)35-23-18-22-28(40)44-24-33(3,4)32-37-36-30-29(34)25(2)38-39(30)32/h14-16,19-20,27,38H,5-13,17-18,21-24H2,1-4H3,(H,35,41). The number of hydrogen-bond acceptors (Lipinski definition) is 7. The third kappa shape index (κ3) is 10.6. The third-order valence-electron chi connectivity index (χ3n) is 8.08. The Balaban J connectivity index is 1.45. The zero-order valence-electron chi connectivity index (χ0n) is 27.2. The van der Waals surface area contributed by atoms with Gasteiger partial charge in [0.15, 0.2) is 21.3 Å². The summed E-state index contributed by atoms with van der Waals surface area (Å²) < 4.78 is 34.1. The SMILES string of the molecule is CCCCCCCCCCCCC(C(=O)NCCCC(=O)OCC(C)(C)c1nnc2c(Cl)c(C)[nH]n12)S(=O)(=O)c1ccccc1. The number of sulfone groups is 1. The summed E-state index contributed by atoms with van der Waals surface area (Å²) in [6, 6.07) is 8.13. The maximum absolute atomic E-state index is 13.4. The van der Waals surface area contributed by atoms with Gasteiger partial charge in [-0.25, -0.2) is 12.9 Å². The number of ether oxygens (including phenoxy) is 1. The Hall–Kier alpha value is -2.92. The van der Waals surface area contributed by atoms with E-state index in [1.165, 1.54) is 50.7 Å². The summed E-state index contributed by atoms with van der Waals surface area (Å²) in [5.41, 5.74) is 0.636. The molecule has 1 unspecified atom stereocenters. The molecule has 0 saturated heterocycles. The number of amides is 1. The van der Waals surface area contributed by atoms with Crippen molar-refractivity contribution in [2.45, 2.75) is 127 Å². The first-order valence-electron chi connectivity index (χ1n) is 16.3. The number of aromatic nitrogens is 4. The molecule has 0 aliphatic heterocycles. The number of rotatable bonds is 21. The van der Waals surface area contributed by atoms with E-state index in [2.05, 4.69) is 27.5 Å². The molecule has 0 bridgehead atoms. The van der Waals surface area contributed by atoms with Gasteiger partial charge in [0.2, 0.25) is 5.91 Å². The predicted molar refractivity (Wildman–Crippen MR) is 177 cm³/mol. The van der Waals surface area contributed by atoms with E-state index in [1.807, 2.05) is 20.8 Å². The van der Waals surface area contributed by atoms with E-state index in [4.69, 9.17) is 16.3 Å². The van der Waals surface area contributed by atoms with Gasteiger partial charge in [-0.2, -0.15) is 0 Å². The van der Waals surface area contributed by atoms with Crippen LogP contribution in [0.15, 0.2) is 35.2 Å². The Morgan fingerprint density at radius 2 is 1.60 bits per heavy atom. The maximum atomic E-state index is 13.4. The van der Waals surface area contributed by atoms with Gasteiger partial charge in [-0.15, -0.1) is 10.2 Å². The van der Waals surface area contributed by atoms with Crippen LogP contribution in [-0.2, 0) is 29.6 Å². The maximum Gasteiger partial charge on any atom is 0.305 e. The Morgan fingerprint density at radius 1 is 0.978 bits per heavy atom. The molecule has 1 aromatic carbocycles. The van der Waals surface area contributed by atoms with Crippen molar-refractivity contribution in [3.63, 3.8) is 0 Å². The number of carbonyl (C=O) groups excluding carboxylic acids is 2. The van der Waals surface area contributed by atoms with E-state index in [1.54, 1.807) is 22.7 Å². The molecular weight excluding hydrogens is 614 g/mol. The number of aryl methyl sites for hydroxylation is 1. The molecule has 2 heterocycles. The fourth-order valence-corrected chi connectivity index (χ4v) is 7.20. The van der Waals surface area contributed by atoms with Crippen LogP contribution in [0.25, 0.3) is 5.65 Å². The fraction of sp³-hybridized carbons (Fsp3) is 0.636. The van der Waals surface area contributed by atoms with Gasteiger partial charge in [0.1, 0.15) is 16.9 Å². The number of fused-ring (bicyclic) bond motifs is 1. The number of nitrogens with zero attached hydrogens (tertiary/aromatic N) is 3. The molecule has 2 aromatic heterocycles. The Morgan fingerprint density at radius 3 is 2.24 bits per heavy atom. The van der Waals surface area contributed by atoms with Gasteiger partial charge >= 0.3 is 5.97 Å². The van der Waals surface area contributed by atoms with Crippen LogP contribution in [0.3, 0.4) is 0 Å². The van der Waals surface area contributed by atoms with Crippen LogP contribution in [-0.4, -0.2) is 58.5 Å². The number of nitrogens with one attached hydrogen (secondary N) is 2. The zero-order valence-corrected chi connectivity index (χ0v) is 28.8. The van der Waals surface area contributed by atoms with Crippen molar-refractivity contribution in [2.75, 3.05) is 13.2 Å². The second-order valence-corrected chi connectivity index (χ2v) is 15.0. The highest BCUT2D eigenvalue weighted by Crippen LogP contribution is 2.27. The largest absolute Gasteiger partial charge is 0.465 e. The lowest BCUT2D eigenvalue weighted by molar-refractivity contribution is -0.145. The van der Waals surface area contributed by atoms with E-state index in [0.717, 1.165) is 25.0 Å². The van der Waals surface area contributed by atoms with Crippen LogP contribution in [0.2, 0.25) is 5.02 Å². The lowest BCUT2D eigenvalue weighted by atomic mass is 9.94. The molecule has 0 fully saturated rings. The van der Waals surface area contributed by atoms with Gasteiger partial charge in [-0.3, -0.25) is 14.7 Å². The van der Waals surface area contributed by atoms with Crippen LogP contribution < -0.4 is 5.32 Å². The first-order valence-corrected chi connectivity index (χ1v) is 18.2. The van der Waals surface area contributed by atoms with E-state index in [9.17, 15) is 18.0 Å². The molecule has 0 spiro atoms. The molecule has 0 radical (unpaired) electrons. The Bertz CT molecular complexity index is 1470. The number of unbranched alkanes of at least 4 members (excludes halogenated alkanes) is 9. The molecule has 10 nitrogen and oxygen atoms in total. The summed E-state index contributed by atoms with van der Waals surface area (Å²) in [5, 5.41) is 13.5.